The highest BCUT2D eigenvalue weighted by Crippen LogP contribution is 2.59. The fraction of sp³-hybridized carbons (Fsp3) is 0.130. The van der Waals surface area contributed by atoms with E-state index in [1.54, 1.807) is 97.6 Å². The minimum absolute atomic E-state index is 0.0169. The van der Waals surface area contributed by atoms with E-state index in [2.05, 4.69) is 19.9 Å². The number of anilines is 4. The van der Waals surface area contributed by atoms with Crippen molar-refractivity contribution in [3.05, 3.63) is 322 Å². The molecule has 13 aromatic carbocycles. The molecule has 2 unspecified atom stereocenters. The van der Waals surface area contributed by atoms with Gasteiger partial charge in [-0.1, -0.05) is 144 Å². The van der Waals surface area contributed by atoms with Crippen LogP contribution in [0.1, 0.15) is 97.6 Å². The first kappa shape index (κ1) is 69.1. The Kier molecular flexibility index (Phi) is 17.4. The van der Waals surface area contributed by atoms with Gasteiger partial charge in [-0.15, -0.1) is 0 Å². The second-order valence-electron chi connectivity index (χ2n) is 28.3. The smallest absolute Gasteiger partial charge is 0.262 e. The molecule has 2 aliphatic rings. The number of aromatic nitrogens is 4. The molecule has 0 spiro atoms. The van der Waals surface area contributed by atoms with E-state index in [9.17, 15) is 0 Å². The lowest BCUT2D eigenvalue weighted by molar-refractivity contribution is -0.122. The van der Waals surface area contributed by atoms with Crippen molar-refractivity contribution in [3.63, 3.8) is 0 Å². The first-order valence-corrected chi connectivity index (χ1v) is 36.3. The summed E-state index contributed by atoms with van der Waals surface area (Å²) in [6.45, 7) is 15.5. The van der Waals surface area contributed by atoms with Crippen molar-refractivity contribution in [1.82, 2.24) is 29.7 Å². The Bertz CT molecular complexity index is 5560. The Morgan fingerprint density at radius 1 is 0.327 bits per heavy atom. The molecule has 2 N–H and O–H groups in total. The number of benzene rings is 13. The predicted molar refractivity (Wildman–Crippen MR) is 425 cm³/mol. The Morgan fingerprint density at radius 2 is 0.582 bits per heavy atom. The fourth-order valence-corrected chi connectivity index (χ4v) is 15.7. The average molecular weight is 1450 g/mol. The molecule has 0 radical (unpaired) electrons. The van der Waals surface area contributed by atoms with Crippen LogP contribution in [0.15, 0.2) is 243 Å². The number of H-pyrrole nitrogens is 2. The lowest BCUT2D eigenvalue weighted by atomic mass is 9.80. The Labute approximate surface area is 633 Å². The standard InChI is InChI=1S/C92H72N8O10/c1-51-29-33-69(55(5)41-51)107-73-45-63-79-64(88(102)99(87(63)101)67(49-77-93-37-38-94-77)91(105)97(59-21-13-9-14-22-59)60-23-15-10-16-24-60)47-75(109-71-35-31-53(3)43-57(71)7)83-84-76(110-72-36-32-54(4)44-58(72)8)48-66-80-65(46-74(82(86(80)84)81(73)85(79)83)108-70-34-30-52(2)42-56(70)6)89(103)100(90(66)104)68(50-78-95-39-40-96-78)92(106)98(61-25-17-11-18-26-61)62-27-19-12-20-28-62/h9-48,67-68H,49-50H2,1-8H3,(H,93,94)(H,95,96). The summed E-state index contributed by atoms with van der Waals surface area (Å²) in [6.07, 6.45) is 5.85. The fourth-order valence-electron chi connectivity index (χ4n) is 15.7. The van der Waals surface area contributed by atoms with Crippen LogP contribution in [0, 0.1) is 55.4 Å². The van der Waals surface area contributed by atoms with Crippen molar-refractivity contribution in [2.45, 2.75) is 80.3 Å². The summed E-state index contributed by atoms with van der Waals surface area (Å²) in [6, 6.07) is 62.4. The normalized spacial score (nSPS) is 13.2. The number of rotatable bonds is 20. The highest BCUT2D eigenvalue weighted by Gasteiger charge is 2.48. The second kappa shape index (κ2) is 27.7. The van der Waals surface area contributed by atoms with Crippen molar-refractivity contribution in [2.24, 2.45) is 0 Å². The van der Waals surface area contributed by atoms with E-state index in [-0.39, 0.29) is 101 Å². The number of imide groups is 2. The summed E-state index contributed by atoms with van der Waals surface area (Å²) in [7, 11) is 0. The van der Waals surface area contributed by atoms with Gasteiger partial charge in [0, 0.05) is 103 Å². The highest BCUT2D eigenvalue weighted by atomic mass is 16.5. The molecule has 18 nitrogen and oxygen atoms in total. The van der Waals surface area contributed by atoms with Crippen LogP contribution in [0.3, 0.4) is 0 Å². The number of aryl methyl sites for hydroxylation is 8. The van der Waals surface area contributed by atoms with Crippen LogP contribution in [-0.4, -0.2) is 77.3 Å². The van der Waals surface area contributed by atoms with Gasteiger partial charge in [0.15, 0.2) is 0 Å². The van der Waals surface area contributed by atoms with E-state index in [4.69, 9.17) is 18.9 Å². The number of amides is 6. The largest absolute Gasteiger partial charge is 0.456 e. The maximum Gasteiger partial charge on any atom is 0.262 e. The molecular weight excluding hydrogens is 1380 g/mol. The lowest BCUT2D eigenvalue weighted by Crippen LogP contribution is -2.55. The monoisotopic (exact) mass is 1450 g/mol. The summed E-state index contributed by atoms with van der Waals surface area (Å²) < 4.78 is 29.9. The zero-order chi connectivity index (χ0) is 75.9. The number of imidazole rings is 2. The molecule has 15 aromatic rings. The second-order valence-corrected chi connectivity index (χ2v) is 28.3. The first-order chi connectivity index (χ1) is 53.3. The molecule has 4 heterocycles. The van der Waals surface area contributed by atoms with Crippen molar-refractivity contribution < 1.29 is 47.7 Å². The molecule has 540 valence electrons. The van der Waals surface area contributed by atoms with Gasteiger partial charge >= 0.3 is 0 Å². The van der Waals surface area contributed by atoms with E-state index in [1.165, 1.54) is 9.80 Å². The molecule has 0 bridgehead atoms. The molecule has 6 amide bonds. The van der Waals surface area contributed by atoms with Gasteiger partial charge in [-0.3, -0.25) is 48.4 Å². The van der Waals surface area contributed by atoms with Gasteiger partial charge in [0.05, 0.1) is 22.3 Å². The number of carbonyl (C=O) groups excluding carboxylic acids is 6. The molecule has 0 saturated carbocycles. The zero-order valence-electron chi connectivity index (χ0n) is 61.4. The van der Waals surface area contributed by atoms with Gasteiger partial charge in [-0.2, -0.15) is 0 Å². The van der Waals surface area contributed by atoms with Gasteiger partial charge in [-0.25, -0.2) is 9.97 Å². The topological polar surface area (TPSA) is 210 Å². The summed E-state index contributed by atoms with van der Waals surface area (Å²) >= 11 is 0. The zero-order valence-corrected chi connectivity index (χ0v) is 61.4. The van der Waals surface area contributed by atoms with Gasteiger partial charge in [-0.05, 0) is 175 Å². The molecule has 0 saturated heterocycles. The van der Waals surface area contributed by atoms with Crippen molar-refractivity contribution in [2.75, 3.05) is 9.80 Å². The molecule has 17 rings (SSSR count). The van der Waals surface area contributed by atoms with Crippen LogP contribution in [0.2, 0.25) is 0 Å². The van der Waals surface area contributed by atoms with E-state index in [0.717, 1.165) is 54.3 Å². The van der Waals surface area contributed by atoms with Gasteiger partial charge in [0.1, 0.15) is 69.7 Å². The third-order valence-electron chi connectivity index (χ3n) is 20.7. The van der Waals surface area contributed by atoms with E-state index < -0.39 is 47.5 Å². The summed E-state index contributed by atoms with van der Waals surface area (Å²) in [5.41, 5.74) is 8.52. The average Bonchev–Trinajstić information content (AvgIpc) is 0.723. The van der Waals surface area contributed by atoms with Crippen molar-refractivity contribution >= 4 is 101 Å². The number of fused-ring (bicyclic) bond motifs is 2. The van der Waals surface area contributed by atoms with Crippen LogP contribution < -0.4 is 28.7 Å². The number of carbonyl (C=O) groups is 6. The predicted octanol–water partition coefficient (Wildman–Crippen LogP) is 20.0. The van der Waals surface area contributed by atoms with E-state index >= 15 is 28.8 Å². The molecule has 2 aliphatic heterocycles. The molecule has 0 fully saturated rings. The third kappa shape index (κ3) is 12.0. The van der Waals surface area contributed by atoms with Crippen molar-refractivity contribution in [3.8, 4) is 46.0 Å². The SMILES string of the molecule is Cc1ccc(Oc2cc3c4c(cc(Oc5ccc(C)cc5C)c5c6c(Oc7ccc(C)cc7C)cc7c8c(cc(Oc9ccc(C)cc9C)c(c2c45)c86)C(=O)N(C(Cc2ncc[nH]2)C(=O)N(c2ccccc2)c2ccccc2)C7=O)C(=O)N(C(Cc2ncc[nH]2)C(=O)N(c2ccccc2)c2ccccc2)C3=O)c(C)c1. The summed E-state index contributed by atoms with van der Waals surface area (Å²) in [5, 5.41) is 2.02. The molecule has 0 aliphatic carbocycles. The van der Waals surface area contributed by atoms with Crippen molar-refractivity contribution in [1.29, 1.82) is 0 Å². The summed E-state index contributed by atoms with van der Waals surface area (Å²) in [5.74, 6) is -2.02. The maximum atomic E-state index is 17.0. The van der Waals surface area contributed by atoms with Crippen LogP contribution in [0.5, 0.6) is 46.0 Å². The van der Waals surface area contributed by atoms with Gasteiger partial charge < -0.3 is 28.9 Å². The Balaban J connectivity index is 1.02. The summed E-state index contributed by atoms with van der Waals surface area (Å²) in [4.78, 5) is 121. The molecule has 18 heteroatoms. The lowest BCUT2D eigenvalue weighted by Gasteiger charge is -2.37. The number of ether oxygens (including phenoxy) is 4. The maximum absolute atomic E-state index is 17.0. The van der Waals surface area contributed by atoms with Crippen LogP contribution in [0.4, 0.5) is 22.7 Å². The molecule has 2 aromatic heterocycles. The Morgan fingerprint density at radius 3 is 0.809 bits per heavy atom. The third-order valence-corrected chi connectivity index (χ3v) is 20.7. The van der Waals surface area contributed by atoms with Gasteiger partial charge in [0.2, 0.25) is 0 Å². The number of aromatic amines is 2. The molecule has 110 heavy (non-hydrogen) atoms. The quantitative estimate of drug-likeness (QED) is 0.0415. The van der Waals surface area contributed by atoms with E-state index in [0.29, 0.717) is 57.4 Å². The van der Waals surface area contributed by atoms with Gasteiger partial charge in [0.25, 0.3) is 35.4 Å². The minimum atomic E-state index is -1.57. The highest BCUT2D eigenvalue weighted by molar-refractivity contribution is 6.45. The number of nitrogens with one attached hydrogen (secondary N) is 2. The Hall–Kier alpha value is -14.0. The van der Waals surface area contributed by atoms with Crippen LogP contribution >= 0.6 is 0 Å². The first-order valence-electron chi connectivity index (χ1n) is 36.3. The molecular formula is C92H72N8O10. The number of hydrogen-bond donors (Lipinski definition) is 2. The van der Waals surface area contributed by atoms with Crippen LogP contribution in [-0.2, 0) is 22.4 Å². The van der Waals surface area contributed by atoms with E-state index in [1.807, 2.05) is 201 Å². The number of para-hydroxylation sites is 4. The number of nitrogens with zero attached hydrogens (tertiary/aromatic N) is 6. The minimum Gasteiger partial charge on any atom is -0.456 e. The number of hydrogen-bond acceptors (Lipinski definition) is 12. The van der Waals surface area contributed by atoms with Crippen LogP contribution in [0.25, 0.3) is 43.1 Å². The molecule has 2 atom stereocenters.